The van der Waals surface area contributed by atoms with E-state index >= 15 is 0 Å². The van der Waals surface area contributed by atoms with Crippen molar-refractivity contribution in [2.75, 3.05) is 32.9 Å². The summed E-state index contributed by atoms with van der Waals surface area (Å²) in [5.41, 5.74) is 7.04. The summed E-state index contributed by atoms with van der Waals surface area (Å²) in [6.45, 7) is 3.61. The first-order valence-corrected chi connectivity index (χ1v) is 35.7. The van der Waals surface area contributed by atoms with Gasteiger partial charge in [0, 0.05) is 39.3 Å². The van der Waals surface area contributed by atoms with Gasteiger partial charge >= 0.3 is 18.1 Å². The van der Waals surface area contributed by atoms with E-state index in [0.717, 1.165) is 30.6 Å². The molecule has 632 valence electrons. The molecule has 0 radical (unpaired) electrons. The number of carbonyl (C=O) groups is 17. The molecule has 44 heteroatoms. The third-order valence-corrected chi connectivity index (χ3v) is 17.7. The number of rotatable bonds is 39. The van der Waals surface area contributed by atoms with Crippen LogP contribution < -0.4 is 69.5 Å². The summed E-state index contributed by atoms with van der Waals surface area (Å²) in [4.78, 5) is 226. The van der Waals surface area contributed by atoms with Gasteiger partial charge < -0.3 is 125 Å². The Morgan fingerprint density at radius 1 is 0.426 bits per heavy atom. The molecular formula is C71H96F3N15O26. The van der Waals surface area contributed by atoms with Crippen molar-refractivity contribution in [3.63, 3.8) is 0 Å². The van der Waals surface area contributed by atoms with Gasteiger partial charge in [-0.05, 0) is 101 Å². The Kier molecular flexibility index (Phi) is 37.2. The highest BCUT2D eigenvalue weighted by atomic mass is 19.4. The van der Waals surface area contributed by atoms with Gasteiger partial charge in [0.1, 0.15) is 96.1 Å². The molecule has 5 rings (SSSR count). The van der Waals surface area contributed by atoms with Crippen LogP contribution in [0.3, 0.4) is 0 Å². The second-order valence-electron chi connectivity index (χ2n) is 26.9. The zero-order valence-corrected chi connectivity index (χ0v) is 63.0. The minimum absolute atomic E-state index is 0.0146. The number of phenolic OH excluding ortho intramolecular Hbond substituents is 2. The fraction of sp³-hybridized carbons (Fsp3) is 0.507. The SMILES string of the molecule is CC(=O)N[C@@H](CO)C(=O)N1CCC[C@H]1C(=O)N[C@@H](Cc1ccc(O)cc1)C(=O)N[C@@H](CO)C(=O)N[C@@H](CO)C(=O)N[C@@H](CC(=O)O)C(=O)N[C@H](C(=O)N[C@H](C(=O)N1CCC[C@H]1C(=O)N[C@@H](C)C(=O)N[C@@H](C)C(=O)N[C@@H](Cc1ccccc1)C(=O)N[C@@H](C)C(=O)N[C@@H](Cc1ccc(O)cc1)C(N)=O)[C@@H](C)O)[C@@H](C)O.O=C(O)C(F)(F)F. The van der Waals surface area contributed by atoms with Gasteiger partial charge in [0.2, 0.25) is 88.6 Å². The number of halogens is 3. The smallest absolute Gasteiger partial charge is 0.490 e. The molecule has 2 heterocycles. The summed E-state index contributed by atoms with van der Waals surface area (Å²) in [5.74, 6) is -20.1. The van der Waals surface area contributed by atoms with Crippen molar-refractivity contribution >= 4 is 101 Å². The topological polar surface area (TPSA) is 649 Å². The van der Waals surface area contributed by atoms with E-state index in [2.05, 4.69) is 53.2 Å². The molecule has 2 saturated heterocycles. The zero-order valence-electron chi connectivity index (χ0n) is 63.0. The molecule has 0 unspecified atom stereocenters. The number of benzene rings is 3. The van der Waals surface area contributed by atoms with Crippen LogP contribution in [0.4, 0.5) is 13.2 Å². The number of carbonyl (C=O) groups excluding carboxylic acids is 15. The van der Waals surface area contributed by atoms with Crippen molar-refractivity contribution in [2.24, 2.45) is 5.73 Å². The lowest BCUT2D eigenvalue weighted by molar-refractivity contribution is -0.192. The Labute approximate surface area is 654 Å². The van der Waals surface area contributed by atoms with Crippen molar-refractivity contribution in [1.29, 1.82) is 0 Å². The van der Waals surface area contributed by atoms with Crippen molar-refractivity contribution in [2.45, 2.75) is 196 Å². The number of alkyl halides is 3. The molecule has 2 aliphatic heterocycles. The van der Waals surface area contributed by atoms with Gasteiger partial charge in [0.25, 0.3) is 0 Å². The van der Waals surface area contributed by atoms with Crippen LogP contribution in [0.5, 0.6) is 11.5 Å². The van der Waals surface area contributed by atoms with Crippen molar-refractivity contribution in [3.8, 4) is 11.5 Å². The van der Waals surface area contributed by atoms with E-state index in [0.29, 0.717) is 23.1 Å². The molecule has 3 aromatic rings. The summed E-state index contributed by atoms with van der Waals surface area (Å²) < 4.78 is 31.7. The normalized spacial score (nSPS) is 17.4. The maximum Gasteiger partial charge on any atom is 0.490 e. The fourth-order valence-corrected chi connectivity index (χ4v) is 11.5. The Morgan fingerprint density at radius 3 is 1.20 bits per heavy atom. The summed E-state index contributed by atoms with van der Waals surface area (Å²) in [7, 11) is 0. The molecule has 2 fully saturated rings. The fourth-order valence-electron chi connectivity index (χ4n) is 11.5. The highest BCUT2D eigenvalue weighted by molar-refractivity contribution is 6.01. The molecule has 2 aliphatic rings. The quantitative estimate of drug-likeness (QED) is 0.0252. The number of carboxylic acid groups (broad SMARTS) is 2. The number of aliphatic hydroxyl groups is 5. The van der Waals surface area contributed by atoms with Crippen LogP contribution in [0, 0.1) is 0 Å². The predicted octanol–water partition coefficient (Wildman–Crippen LogP) is -7.66. The molecular weight excluding hydrogens is 1540 g/mol. The first-order valence-electron chi connectivity index (χ1n) is 35.7. The molecule has 0 aromatic heterocycles. The van der Waals surface area contributed by atoms with E-state index in [1.807, 2.05) is 10.6 Å². The van der Waals surface area contributed by atoms with Gasteiger partial charge in [-0.2, -0.15) is 13.2 Å². The molecule has 0 spiro atoms. The van der Waals surface area contributed by atoms with Gasteiger partial charge in [0.05, 0.1) is 38.4 Å². The van der Waals surface area contributed by atoms with Crippen LogP contribution in [-0.4, -0.2) is 292 Å². The molecule has 0 aliphatic carbocycles. The van der Waals surface area contributed by atoms with E-state index in [9.17, 15) is 131 Å². The van der Waals surface area contributed by atoms with Crippen LogP contribution in [0.15, 0.2) is 78.9 Å². The number of nitrogens with zero attached hydrogens (tertiary/aromatic N) is 2. The van der Waals surface area contributed by atoms with E-state index in [1.54, 1.807) is 30.3 Å². The summed E-state index contributed by atoms with van der Waals surface area (Å²) in [5, 5.41) is 116. The maximum absolute atomic E-state index is 14.3. The van der Waals surface area contributed by atoms with Gasteiger partial charge in [-0.3, -0.25) is 76.7 Å². The number of aliphatic hydroxyl groups excluding tert-OH is 5. The van der Waals surface area contributed by atoms with Crippen LogP contribution >= 0.6 is 0 Å². The number of likely N-dealkylation sites (tertiary alicyclic amines) is 2. The molecule has 3 aromatic carbocycles. The average Bonchev–Trinajstić information content (AvgIpc) is 1.79. The second kappa shape index (κ2) is 44.9. The molecule has 23 N–H and O–H groups in total. The van der Waals surface area contributed by atoms with Crippen LogP contribution in [-0.2, 0) is 101 Å². The number of aliphatic carboxylic acids is 2. The Bertz CT molecular complexity index is 3960. The number of aromatic hydroxyl groups is 2. The molecule has 16 atom stereocenters. The van der Waals surface area contributed by atoms with E-state index < -0.39 is 230 Å². The van der Waals surface area contributed by atoms with E-state index in [-0.39, 0.29) is 63.1 Å². The van der Waals surface area contributed by atoms with Crippen molar-refractivity contribution in [1.82, 2.24) is 73.6 Å². The summed E-state index contributed by atoms with van der Waals surface area (Å²) >= 11 is 0. The molecule has 41 nitrogen and oxygen atoms in total. The Hall–Kier alpha value is -12.2. The number of nitrogens with one attached hydrogen (secondary N) is 12. The van der Waals surface area contributed by atoms with Crippen molar-refractivity contribution in [3.05, 3.63) is 95.6 Å². The van der Waals surface area contributed by atoms with Crippen LogP contribution in [0.25, 0.3) is 0 Å². The molecule has 0 bridgehead atoms. The maximum atomic E-state index is 14.3. The monoisotopic (exact) mass is 1630 g/mol. The number of carboxylic acids is 2. The number of phenols is 2. The summed E-state index contributed by atoms with van der Waals surface area (Å²) in [6, 6.07) is -2.95. The van der Waals surface area contributed by atoms with Gasteiger partial charge in [0.15, 0.2) is 0 Å². The van der Waals surface area contributed by atoms with E-state index in [1.165, 1.54) is 69.3 Å². The third kappa shape index (κ3) is 30.0. The van der Waals surface area contributed by atoms with Crippen LogP contribution in [0.2, 0.25) is 0 Å². The largest absolute Gasteiger partial charge is 0.508 e. The average molecular weight is 1630 g/mol. The number of hydrogen-bond donors (Lipinski definition) is 22. The lowest BCUT2D eigenvalue weighted by Crippen LogP contribution is -2.63. The molecule has 0 saturated carbocycles. The standard InChI is InChI=1S/C69H95N15O24.C2HF3O2/c1-33(57(96)71-34(2)59(98)76-45(27-39-12-8-7-9-13-39)60(99)72-35(3)58(97)75-44(56(70)95)26-40-16-20-42(91)21-17-40)73-65(104)51-14-11-25-84(51)69(108)55(37(5)89)82-67(106)54(36(4)88)81-62(101)47(29-53(93)94)77-63(102)48(30-85)80-64(103)49(31-86)79-61(100)46(28-41-18-22-43(92)23-19-41)78-66(105)52-15-10-24-83(52)68(107)50(32-87)74-38(6)90;3-2(4,5)1(6)7/h7-9,12-13,16-23,33-37,44-52,54-55,85-89,91-92H,10-11,14-15,24-32H2,1-6H3,(H2,70,95)(H,71,96)(H,72,99)(H,73,104)(H,74,90)(H,75,97)(H,76,98)(H,77,102)(H,78,105)(H,79,100)(H,80,103)(H,81,101)(H,82,106)(H,93,94);(H,6,7)/t33-,34-,35-,36+,37+,44-,45-,46-,47-,48-,49-,50-,51-,52-,54-,55-;/m0./s1. The summed E-state index contributed by atoms with van der Waals surface area (Å²) in [6.07, 6.45) is -9.94. The second-order valence-corrected chi connectivity index (χ2v) is 26.9. The van der Waals surface area contributed by atoms with E-state index in [4.69, 9.17) is 15.6 Å². The zero-order chi connectivity index (χ0) is 86.5. The van der Waals surface area contributed by atoms with Gasteiger partial charge in [-0.15, -0.1) is 0 Å². The predicted molar refractivity (Wildman–Crippen MR) is 389 cm³/mol. The number of hydrogen-bond acceptors (Lipinski definition) is 24. The van der Waals surface area contributed by atoms with Gasteiger partial charge in [-0.25, -0.2) is 4.79 Å². The number of nitrogens with two attached hydrogens (primary N) is 1. The molecule has 15 amide bonds. The number of primary amides is 1. The minimum atomic E-state index is -5.08. The lowest BCUT2D eigenvalue weighted by atomic mass is 10.0. The minimum Gasteiger partial charge on any atom is -0.508 e. The Morgan fingerprint density at radius 2 is 0.774 bits per heavy atom. The molecule has 115 heavy (non-hydrogen) atoms. The highest BCUT2D eigenvalue weighted by Crippen LogP contribution is 2.23. The van der Waals surface area contributed by atoms with Gasteiger partial charge in [-0.1, -0.05) is 54.6 Å². The first-order chi connectivity index (χ1) is 53.9. The van der Waals surface area contributed by atoms with Crippen molar-refractivity contribution < 1.29 is 141 Å². The number of amides is 15. The lowest BCUT2D eigenvalue weighted by Gasteiger charge is -2.32. The Balaban J connectivity index is 0.00000379. The first kappa shape index (κ1) is 95.2. The highest BCUT2D eigenvalue weighted by Gasteiger charge is 2.44. The van der Waals surface area contributed by atoms with Crippen LogP contribution in [0.1, 0.15) is 90.3 Å². The third-order valence-electron chi connectivity index (χ3n) is 17.7.